The van der Waals surface area contributed by atoms with Crippen LogP contribution in [0.25, 0.3) is 0 Å². The SMILES string of the molecule is CCNC(C)c1c(OC)cccc1OCCC1CCC1. The smallest absolute Gasteiger partial charge is 0.127 e. The Balaban J connectivity index is 2.04. The zero-order valence-corrected chi connectivity index (χ0v) is 12.9. The number of hydrogen-bond acceptors (Lipinski definition) is 3. The summed E-state index contributed by atoms with van der Waals surface area (Å²) in [6.07, 6.45) is 5.32. The van der Waals surface area contributed by atoms with Gasteiger partial charge in [-0.1, -0.05) is 32.3 Å². The molecule has 1 aliphatic rings. The Labute approximate surface area is 122 Å². The van der Waals surface area contributed by atoms with Gasteiger partial charge < -0.3 is 14.8 Å². The van der Waals surface area contributed by atoms with Crippen LogP contribution in [0.1, 0.15) is 51.1 Å². The number of ether oxygens (including phenoxy) is 2. The normalized spacial score (nSPS) is 16.6. The van der Waals surface area contributed by atoms with Gasteiger partial charge in [-0.25, -0.2) is 0 Å². The molecular formula is C17H27NO2. The van der Waals surface area contributed by atoms with Crippen LogP contribution in [-0.2, 0) is 0 Å². The summed E-state index contributed by atoms with van der Waals surface area (Å²) < 4.78 is 11.5. The van der Waals surface area contributed by atoms with Gasteiger partial charge in [-0.05, 0) is 37.9 Å². The van der Waals surface area contributed by atoms with Crippen LogP contribution in [0.2, 0.25) is 0 Å². The van der Waals surface area contributed by atoms with Gasteiger partial charge in [0.05, 0.1) is 19.3 Å². The van der Waals surface area contributed by atoms with Gasteiger partial charge in [0.25, 0.3) is 0 Å². The lowest BCUT2D eigenvalue weighted by atomic mass is 9.83. The van der Waals surface area contributed by atoms with Crippen LogP contribution in [0, 0.1) is 5.92 Å². The minimum atomic E-state index is 0.231. The number of rotatable bonds is 8. The molecule has 0 bridgehead atoms. The third kappa shape index (κ3) is 3.66. The number of hydrogen-bond donors (Lipinski definition) is 1. The molecule has 0 aromatic heterocycles. The number of benzene rings is 1. The largest absolute Gasteiger partial charge is 0.496 e. The molecule has 0 spiro atoms. The third-order valence-electron chi connectivity index (χ3n) is 4.20. The molecule has 2 rings (SSSR count). The molecule has 0 heterocycles. The summed E-state index contributed by atoms with van der Waals surface area (Å²) >= 11 is 0. The first-order valence-corrected chi connectivity index (χ1v) is 7.79. The van der Waals surface area contributed by atoms with Gasteiger partial charge in [-0.2, -0.15) is 0 Å². The Morgan fingerprint density at radius 1 is 1.30 bits per heavy atom. The summed E-state index contributed by atoms with van der Waals surface area (Å²) in [5, 5.41) is 3.44. The zero-order valence-electron chi connectivity index (χ0n) is 12.9. The van der Waals surface area contributed by atoms with Crippen molar-refractivity contribution < 1.29 is 9.47 Å². The van der Waals surface area contributed by atoms with Crippen molar-refractivity contribution in [3.8, 4) is 11.5 Å². The second-order valence-electron chi connectivity index (χ2n) is 5.59. The van der Waals surface area contributed by atoms with E-state index in [2.05, 4.69) is 19.2 Å². The van der Waals surface area contributed by atoms with Crippen molar-refractivity contribution in [2.24, 2.45) is 5.92 Å². The first-order valence-electron chi connectivity index (χ1n) is 7.79. The quantitative estimate of drug-likeness (QED) is 0.781. The summed E-state index contributed by atoms with van der Waals surface area (Å²) in [5.41, 5.74) is 1.13. The monoisotopic (exact) mass is 277 g/mol. The van der Waals surface area contributed by atoms with E-state index in [1.165, 1.54) is 25.7 Å². The van der Waals surface area contributed by atoms with Gasteiger partial charge >= 0.3 is 0 Å². The van der Waals surface area contributed by atoms with E-state index in [1.807, 2.05) is 18.2 Å². The van der Waals surface area contributed by atoms with E-state index in [0.29, 0.717) is 0 Å². The van der Waals surface area contributed by atoms with Crippen molar-refractivity contribution in [3.63, 3.8) is 0 Å². The predicted octanol–water partition coefficient (Wildman–Crippen LogP) is 3.93. The van der Waals surface area contributed by atoms with E-state index in [9.17, 15) is 0 Å². The highest BCUT2D eigenvalue weighted by Crippen LogP contribution is 2.35. The standard InChI is InChI=1S/C17H27NO2/c1-4-18-13(2)17-15(19-3)9-6-10-16(17)20-12-11-14-7-5-8-14/h6,9-10,13-14,18H,4-5,7-8,11-12H2,1-3H3. The Morgan fingerprint density at radius 2 is 2.05 bits per heavy atom. The maximum Gasteiger partial charge on any atom is 0.127 e. The third-order valence-corrected chi connectivity index (χ3v) is 4.20. The number of nitrogens with one attached hydrogen (secondary N) is 1. The summed E-state index contributed by atoms with van der Waals surface area (Å²) in [6, 6.07) is 6.28. The summed E-state index contributed by atoms with van der Waals surface area (Å²) in [5.74, 6) is 2.74. The molecule has 1 aromatic carbocycles. The average Bonchev–Trinajstić information content (AvgIpc) is 2.41. The molecule has 3 heteroatoms. The molecule has 0 aliphatic heterocycles. The van der Waals surface area contributed by atoms with Crippen molar-refractivity contribution in [1.29, 1.82) is 0 Å². The summed E-state index contributed by atoms with van der Waals surface area (Å²) in [4.78, 5) is 0. The maximum absolute atomic E-state index is 6.03. The Bertz CT molecular complexity index is 415. The molecule has 112 valence electrons. The molecule has 1 aromatic rings. The van der Waals surface area contributed by atoms with Crippen LogP contribution < -0.4 is 14.8 Å². The molecular weight excluding hydrogens is 250 g/mol. The fourth-order valence-electron chi connectivity index (χ4n) is 2.78. The Morgan fingerprint density at radius 3 is 2.65 bits per heavy atom. The summed E-state index contributed by atoms with van der Waals surface area (Å²) in [7, 11) is 1.72. The highest BCUT2D eigenvalue weighted by molar-refractivity contribution is 5.46. The van der Waals surface area contributed by atoms with Crippen LogP contribution in [0.15, 0.2) is 18.2 Å². The van der Waals surface area contributed by atoms with E-state index < -0.39 is 0 Å². The number of methoxy groups -OCH3 is 1. The zero-order chi connectivity index (χ0) is 14.4. The van der Waals surface area contributed by atoms with E-state index in [4.69, 9.17) is 9.47 Å². The van der Waals surface area contributed by atoms with Crippen LogP contribution in [0.4, 0.5) is 0 Å². The maximum atomic E-state index is 6.03. The molecule has 1 N–H and O–H groups in total. The van der Waals surface area contributed by atoms with E-state index in [1.54, 1.807) is 7.11 Å². The molecule has 1 atom stereocenters. The fraction of sp³-hybridized carbons (Fsp3) is 0.647. The Hall–Kier alpha value is -1.22. The minimum absolute atomic E-state index is 0.231. The van der Waals surface area contributed by atoms with Crippen molar-refractivity contribution in [2.45, 2.75) is 45.6 Å². The molecule has 1 aliphatic carbocycles. The summed E-state index contributed by atoms with van der Waals surface area (Å²) in [6.45, 7) is 6.01. The van der Waals surface area contributed by atoms with Crippen molar-refractivity contribution in [3.05, 3.63) is 23.8 Å². The van der Waals surface area contributed by atoms with Gasteiger partial charge in [0.1, 0.15) is 11.5 Å². The first kappa shape index (κ1) is 15.2. The van der Waals surface area contributed by atoms with E-state index >= 15 is 0 Å². The van der Waals surface area contributed by atoms with Crippen molar-refractivity contribution >= 4 is 0 Å². The van der Waals surface area contributed by atoms with Crippen LogP contribution >= 0.6 is 0 Å². The Kier molecular flexibility index (Phi) is 5.72. The molecule has 0 radical (unpaired) electrons. The van der Waals surface area contributed by atoms with Crippen molar-refractivity contribution in [1.82, 2.24) is 5.32 Å². The lowest BCUT2D eigenvalue weighted by Crippen LogP contribution is -2.20. The molecule has 1 fully saturated rings. The molecule has 20 heavy (non-hydrogen) atoms. The highest BCUT2D eigenvalue weighted by atomic mass is 16.5. The lowest BCUT2D eigenvalue weighted by Gasteiger charge is -2.26. The van der Waals surface area contributed by atoms with Gasteiger partial charge in [0, 0.05) is 6.04 Å². The highest BCUT2D eigenvalue weighted by Gasteiger charge is 2.19. The lowest BCUT2D eigenvalue weighted by molar-refractivity contribution is 0.219. The van der Waals surface area contributed by atoms with Crippen molar-refractivity contribution in [2.75, 3.05) is 20.3 Å². The molecule has 3 nitrogen and oxygen atoms in total. The van der Waals surface area contributed by atoms with Gasteiger partial charge in [-0.3, -0.25) is 0 Å². The van der Waals surface area contributed by atoms with Gasteiger partial charge in [0.15, 0.2) is 0 Å². The van der Waals surface area contributed by atoms with Crippen LogP contribution in [0.3, 0.4) is 0 Å². The topological polar surface area (TPSA) is 30.5 Å². The minimum Gasteiger partial charge on any atom is -0.496 e. The predicted molar refractivity (Wildman–Crippen MR) is 82.5 cm³/mol. The first-order chi connectivity index (χ1) is 9.76. The second-order valence-corrected chi connectivity index (χ2v) is 5.59. The van der Waals surface area contributed by atoms with Gasteiger partial charge in [-0.15, -0.1) is 0 Å². The second kappa shape index (κ2) is 7.53. The van der Waals surface area contributed by atoms with Crippen LogP contribution in [-0.4, -0.2) is 20.3 Å². The average molecular weight is 277 g/mol. The van der Waals surface area contributed by atoms with Crippen LogP contribution in [0.5, 0.6) is 11.5 Å². The fourth-order valence-corrected chi connectivity index (χ4v) is 2.78. The molecule has 1 saturated carbocycles. The van der Waals surface area contributed by atoms with Gasteiger partial charge in [0.2, 0.25) is 0 Å². The van der Waals surface area contributed by atoms with E-state index in [0.717, 1.165) is 36.1 Å². The molecule has 1 unspecified atom stereocenters. The molecule has 0 saturated heterocycles. The van der Waals surface area contributed by atoms with E-state index in [-0.39, 0.29) is 6.04 Å². The molecule has 0 amide bonds.